The second-order valence-corrected chi connectivity index (χ2v) is 9.28. The largest absolute Gasteiger partial charge is 0.416 e. The number of rotatable bonds is 7. The average Bonchev–Trinajstić information content (AvgIpc) is 3.24. The Morgan fingerprint density at radius 3 is 2.50 bits per heavy atom. The van der Waals surface area contributed by atoms with Crippen molar-refractivity contribution >= 4 is 39.8 Å². The highest BCUT2D eigenvalue weighted by Crippen LogP contribution is 2.41. The van der Waals surface area contributed by atoms with E-state index in [0.717, 1.165) is 17.5 Å². The molecule has 1 aliphatic heterocycles. The Bertz CT molecular complexity index is 1370. The van der Waals surface area contributed by atoms with Crippen molar-refractivity contribution in [1.82, 2.24) is 5.32 Å². The standard InChI is InChI=1S/C27H24ClF3N2O3/c1-3-32-25(35)11-10-24(34)22-9-8-21(19-6-4-5-7-20(19)22)23-15-26(2,36-33-23)16-12-17(27(29,30)31)14-18(28)13-16/h4-9,12-14H,3,10-11,15H2,1-2H3,(H,32,35)/t26-/m0/s1. The van der Waals surface area contributed by atoms with Gasteiger partial charge in [-0.15, -0.1) is 0 Å². The predicted molar refractivity (Wildman–Crippen MR) is 132 cm³/mol. The van der Waals surface area contributed by atoms with Gasteiger partial charge in [-0.05, 0) is 42.8 Å². The summed E-state index contributed by atoms with van der Waals surface area (Å²) in [6, 6.07) is 14.1. The number of amides is 1. The summed E-state index contributed by atoms with van der Waals surface area (Å²) in [6.45, 7) is 3.98. The molecule has 1 N–H and O–H groups in total. The van der Waals surface area contributed by atoms with Crippen LogP contribution in [0.2, 0.25) is 5.02 Å². The molecule has 1 atom stereocenters. The number of fused-ring (bicyclic) bond motifs is 1. The van der Waals surface area contributed by atoms with Crippen LogP contribution in [0.3, 0.4) is 0 Å². The first-order valence-electron chi connectivity index (χ1n) is 11.5. The summed E-state index contributed by atoms with van der Waals surface area (Å²) in [6.07, 6.45) is -4.16. The van der Waals surface area contributed by atoms with Crippen LogP contribution in [0.1, 0.15) is 60.2 Å². The second kappa shape index (κ2) is 9.93. The second-order valence-electron chi connectivity index (χ2n) is 8.85. The SMILES string of the molecule is CCNC(=O)CCC(=O)c1ccc(C2=NO[C@](C)(c3cc(Cl)cc(C(F)(F)F)c3)C2)c2ccccc12. The van der Waals surface area contributed by atoms with Crippen LogP contribution in [0, 0.1) is 0 Å². The molecule has 0 fully saturated rings. The van der Waals surface area contributed by atoms with Crippen LogP contribution in [0.25, 0.3) is 10.8 Å². The maximum Gasteiger partial charge on any atom is 0.416 e. The summed E-state index contributed by atoms with van der Waals surface area (Å²) in [5.74, 6) is -0.338. The van der Waals surface area contributed by atoms with E-state index in [9.17, 15) is 22.8 Å². The minimum absolute atomic E-state index is 0.0426. The van der Waals surface area contributed by atoms with Crippen molar-refractivity contribution in [3.63, 3.8) is 0 Å². The normalized spacial score (nSPS) is 17.6. The van der Waals surface area contributed by atoms with Crippen LogP contribution in [-0.2, 0) is 21.4 Å². The van der Waals surface area contributed by atoms with Gasteiger partial charge in [0.05, 0.1) is 11.3 Å². The van der Waals surface area contributed by atoms with Crippen LogP contribution < -0.4 is 5.32 Å². The summed E-state index contributed by atoms with van der Waals surface area (Å²) >= 11 is 5.99. The first-order valence-corrected chi connectivity index (χ1v) is 11.8. The zero-order chi connectivity index (χ0) is 26.1. The lowest BCUT2D eigenvalue weighted by Crippen LogP contribution is -2.23. The fourth-order valence-electron chi connectivity index (χ4n) is 4.34. The minimum atomic E-state index is -4.55. The Kier molecular flexibility index (Phi) is 7.09. The summed E-state index contributed by atoms with van der Waals surface area (Å²) < 4.78 is 40.0. The fourth-order valence-corrected chi connectivity index (χ4v) is 4.57. The highest BCUT2D eigenvalue weighted by Gasteiger charge is 2.40. The molecule has 1 amide bonds. The van der Waals surface area contributed by atoms with Gasteiger partial charge in [-0.25, -0.2) is 0 Å². The van der Waals surface area contributed by atoms with Gasteiger partial charge in [0.2, 0.25) is 5.91 Å². The molecule has 0 aliphatic carbocycles. The van der Waals surface area contributed by atoms with Crippen LogP contribution in [-0.4, -0.2) is 23.9 Å². The lowest BCUT2D eigenvalue weighted by atomic mass is 9.86. The maximum atomic E-state index is 13.3. The molecule has 0 saturated heterocycles. The number of halogens is 4. The molecule has 0 bridgehead atoms. The number of nitrogens with one attached hydrogen (secondary N) is 1. The number of carbonyl (C=O) groups excluding carboxylic acids is 2. The van der Waals surface area contributed by atoms with E-state index in [1.807, 2.05) is 31.2 Å². The molecule has 0 saturated carbocycles. The van der Waals surface area contributed by atoms with Gasteiger partial charge in [0.25, 0.3) is 0 Å². The molecule has 0 unspecified atom stereocenters. The minimum Gasteiger partial charge on any atom is -0.384 e. The number of oxime groups is 1. The third-order valence-corrected chi connectivity index (χ3v) is 6.40. The number of ketones is 1. The van der Waals surface area contributed by atoms with E-state index in [1.54, 1.807) is 19.1 Å². The van der Waals surface area contributed by atoms with Crippen LogP contribution in [0.15, 0.2) is 59.8 Å². The van der Waals surface area contributed by atoms with Crippen LogP contribution >= 0.6 is 11.6 Å². The number of hydrogen-bond donors (Lipinski definition) is 1. The first-order chi connectivity index (χ1) is 17.0. The molecule has 36 heavy (non-hydrogen) atoms. The predicted octanol–water partition coefficient (Wildman–Crippen LogP) is 6.65. The zero-order valence-electron chi connectivity index (χ0n) is 19.7. The van der Waals surface area contributed by atoms with E-state index in [1.165, 1.54) is 6.07 Å². The molecule has 0 radical (unpaired) electrons. The zero-order valence-corrected chi connectivity index (χ0v) is 20.5. The number of carbonyl (C=O) groups is 2. The average molecular weight is 517 g/mol. The third-order valence-electron chi connectivity index (χ3n) is 6.19. The molecular formula is C27H24ClF3N2O3. The van der Waals surface area contributed by atoms with Crippen molar-refractivity contribution in [3.8, 4) is 0 Å². The van der Waals surface area contributed by atoms with Crippen molar-refractivity contribution in [2.75, 3.05) is 6.54 Å². The maximum absolute atomic E-state index is 13.3. The van der Waals surface area contributed by atoms with Gasteiger partial charge in [-0.2, -0.15) is 13.2 Å². The molecule has 0 aromatic heterocycles. The van der Waals surface area contributed by atoms with Crippen molar-refractivity contribution in [3.05, 3.63) is 81.9 Å². The molecule has 3 aromatic carbocycles. The van der Waals surface area contributed by atoms with Gasteiger partial charge in [0.15, 0.2) is 11.4 Å². The van der Waals surface area contributed by atoms with E-state index in [0.29, 0.717) is 28.8 Å². The molecule has 0 spiro atoms. The summed E-state index contributed by atoms with van der Waals surface area (Å²) in [5, 5.41) is 8.32. The van der Waals surface area contributed by atoms with E-state index in [4.69, 9.17) is 16.4 Å². The Labute approximate surface area is 211 Å². The molecule has 1 heterocycles. The molecule has 1 aliphatic rings. The van der Waals surface area contributed by atoms with Crippen molar-refractivity contribution in [2.45, 2.75) is 44.9 Å². The number of nitrogens with zero attached hydrogens (tertiary/aromatic N) is 1. The third kappa shape index (κ3) is 5.23. The van der Waals surface area contributed by atoms with Gasteiger partial charge in [0, 0.05) is 47.5 Å². The number of benzene rings is 3. The van der Waals surface area contributed by atoms with Crippen molar-refractivity contribution < 1.29 is 27.6 Å². The van der Waals surface area contributed by atoms with E-state index >= 15 is 0 Å². The van der Waals surface area contributed by atoms with Gasteiger partial charge >= 0.3 is 6.18 Å². The van der Waals surface area contributed by atoms with E-state index < -0.39 is 17.3 Å². The Balaban J connectivity index is 1.64. The lowest BCUT2D eigenvalue weighted by Gasteiger charge is -2.23. The van der Waals surface area contributed by atoms with Gasteiger partial charge in [-0.3, -0.25) is 9.59 Å². The highest BCUT2D eigenvalue weighted by atomic mass is 35.5. The monoisotopic (exact) mass is 516 g/mol. The molecule has 9 heteroatoms. The summed E-state index contributed by atoms with van der Waals surface area (Å²) in [4.78, 5) is 30.4. The number of hydrogen-bond acceptors (Lipinski definition) is 4. The van der Waals surface area contributed by atoms with E-state index in [2.05, 4.69) is 10.5 Å². The van der Waals surface area contributed by atoms with E-state index in [-0.39, 0.29) is 41.5 Å². The summed E-state index contributed by atoms with van der Waals surface area (Å²) in [5.41, 5.74) is 0.0104. The lowest BCUT2D eigenvalue weighted by molar-refractivity contribution is -0.137. The van der Waals surface area contributed by atoms with Crippen LogP contribution in [0.5, 0.6) is 0 Å². The van der Waals surface area contributed by atoms with Gasteiger partial charge < -0.3 is 10.2 Å². The fraction of sp³-hybridized carbons (Fsp3) is 0.296. The topological polar surface area (TPSA) is 67.8 Å². The molecule has 4 rings (SSSR count). The molecule has 188 valence electrons. The molecule has 3 aromatic rings. The van der Waals surface area contributed by atoms with Crippen molar-refractivity contribution in [1.29, 1.82) is 0 Å². The van der Waals surface area contributed by atoms with Gasteiger partial charge in [-0.1, -0.05) is 53.2 Å². The number of Topliss-reactive ketones (excluding diaryl/α,β-unsaturated/α-hetero) is 1. The van der Waals surface area contributed by atoms with Crippen LogP contribution in [0.4, 0.5) is 13.2 Å². The van der Waals surface area contributed by atoms with Crippen molar-refractivity contribution in [2.24, 2.45) is 5.16 Å². The Hall–Kier alpha value is -3.39. The Morgan fingerprint density at radius 2 is 1.81 bits per heavy atom. The van der Waals surface area contributed by atoms with Gasteiger partial charge in [0.1, 0.15) is 0 Å². The Morgan fingerprint density at radius 1 is 1.08 bits per heavy atom. The first kappa shape index (κ1) is 25.7. The highest BCUT2D eigenvalue weighted by molar-refractivity contribution is 6.30. The quantitative estimate of drug-likeness (QED) is 0.357. The molecule has 5 nitrogen and oxygen atoms in total. The molecular weight excluding hydrogens is 493 g/mol. The smallest absolute Gasteiger partial charge is 0.384 e. The summed E-state index contributed by atoms with van der Waals surface area (Å²) in [7, 11) is 0. The number of alkyl halides is 3.